The smallest absolute Gasteiger partial charge is 0.248 e. The van der Waals surface area contributed by atoms with Crippen molar-refractivity contribution in [2.75, 3.05) is 11.1 Å². The van der Waals surface area contributed by atoms with Crippen molar-refractivity contribution in [3.63, 3.8) is 0 Å². The molecule has 0 saturated carbocycles. The Kier molecular flexibility index (Phi) is 5.23. The lowest BCUT2D eigenvalue weighted by Gasteiger charge is -2.06. The van der Waals surface area contributed by atoms with E-state index in [1.807, 2.05) is 0 Å². The van der Waals surface area contributed by atoms with E-state index in [0.29, 0.717) is 27.9 Å². The van der Waals surface area contributed by atoms with Crippen molar-refractivity contribution in [1.29, 1.82) is 0 Å². The van der Waals surface area contributed by atoms with Crippen molar-refractivity contribution in [2.45, 2.75) is 5.16 Å². The molecule has 0 atom stereocenters. The Bertz CT molecular complexity index is 926. The van der Waals surface area contributed by atoms with E-state index < -0.39 is 5.91 Å². The van der Waals surface area contributed by atoms with Gasteiger partial charge in [-0.05, 0) is 24.3 Å². The van der Waals surface area contributed by atoms with Crippen LogP contribution in [0, 0.1) is 0 Å². The van der Waals surface area contributed by atoms with E-state index in [1.165, 1.54) is 11.8 Å². The number of nitrogens with one attached hydrogen (secondary N) is 1. The minimum atomic E-state index is -0.514. The first kappa shape index (κ1) is 17.5. The van der Waals surface area contributed by atoms with Crippen LogP contribution in [0.25, 0.3) is 11.5 Å². The molecule has 0 radical (unpaired) electrons. The van der Waals surface area contributed by atoms with Crippen molar-refractivity contribution < 1.29 is 9.59 Å². The van der Waals surface area contributed by atoms with Gasteiger partial charge in [0.05, 0.1) is 11.9 Å². The van der Waals surface area contributed by atoms with E-state index in [0.717, 1.165) is 0 Å². The normalized spacial score (nSPS) is 10.5. The standard InChI is InChI=1S/C16H15N7O2S/c1-23-15(12-8-18-6-7-19-12)21-22-16(23)26-9-13(24)20-11-4-2-10(3-5-11)14(17)25/h2-8H,9H2,1H3,(H2,17,25)(H,20,24). The van der Waals surface area contributed by atoms with Gasteiger partial charge in [0, 0.05) is 30.7 Å². The maximum Gasteiger partial charge on any atom is 0.248 e. The molecule has 0 saturated heterocycles. The van der Waals surface area contributed by atoms with Crippen molar-refractivity contribution in [2.24, 2.45) is 12.8 Å². The predicted octanol–water partition coefficient (Wildman–Crippen LogP) is 1.10. The fourth-order valence-electron chi connectivity index (χ4n) is 2.12. The molecule has 3 rings (SSSR count). The molecule has 0 bridgehead atoms. The number of amides is 2. The van der Waals surface area contributed by atoms with Gasteiger partial charge in [-0.3, -0.25) is 14.6 Å². The quantitative estimate of drug-likeness (QED) is 0.623. The summed E-state index contributed by atoms with van der Waals surface area (Å²) < 4.78 is 1.75. The van der Waals surface area contributed by atoms with E-state index in [9.17, 15) is 9.59 Å². The minimum Gasteiger partial charge on any atom is -0.366 e. The fourth-order valence-corrected chi connectivity index (χ4v) is 2.83. The summed E-state index contributed by atoms with van der Waals surface area (Å²) in [7, 11) is 1.80. The third-order valence-electron chi connectivity index (χ3n) is 3.41. The topological polar surface area (TPSA) is 129 Å². The highest BCUT2D eigenvalue weighted by Gasteiger charge is 2.14. The third-order valence-corrected chi connectivity index (χ3v) is 4.43. The number of aromatic nitrogens is 5. The fraction of sp³-hybridized carbons (Fsp3) is 0.125. The second kappa shape index (κ2) is 7.74. The van der Waals surface area contributed by atoms with E-state index in [2.05, 4.69) is 25.5 Å². The molecule has 3 aromatic rings. The SMILES string of the molecule is Cn1c(SCC(=O)Nc2ccc(C(N)=O)cc2)nnc1-c1cnccn1. The van der Waals surface area contributed by atoms with Gasteiger partial charge in [0.2, 0.25) is 11.8 Å². The molecule has 0 fully saturated rings. The van der Waals surface area contributed by atoms with Gasteiger partial charge >= 0.3 is 0 Å². The maximum atomic E-state index is 12.1. The molecule has 2 aromatic heterocycles. The first-order valence-corrected chi connectivity index (χ1v) is 8.51. The van der Waals surface area contributed by atoms with Gasteiger partial charge in [0.1, 0.15) is 5.69 Å². The molecule has 9 nitrogen and oxygen atoms in total. The average Bonchev–Trinajstić information content (AvgIpc) is 3.02. The Balaban J connectivity index is 1.60. The summed E-state index contributed by atoms with van der Waals surface area (Å²) >= 11 is 1.25. The lowest BCUT2D eigenvalue weighted by molar-refractivity contribution is -0.113. The predicted molar refractivity (Wildman–Crippen MR) is 96.3 cm³/mol. The molecule has 0 aliphatic heterocycles. The molecule has 10 heteroatoms. The second-order valence-electron chi connectivity index (χ2n) is 5.23. The van der Waals surface area contributed by atoms with E-state index in [4.69, 9.17) is 5.73 Å². The summed E-state index contributed by atoms with van der Waals surface area (Å²) in [6.45, 7) is 0. The van der Waals surface area contributed by atoms with E-state index in [-0.39, 0.29) is 11.7 Å². The number of nitrogens with two attached hydrogens (primary N) is 1. The van der Waals surface area contributed by atoms with Crippen LogP contribution < -0.4 is 11.1 Å². The molecular formula is C16H15N7O2S. The highest BCUT2D eigenvalue weighted by atomic mass is 32.2. The zero-order valence-corrected chi connectivity index (χ0v) is 14.6. The Morgan fingerprint density at radius 3 is 2.62 bits per heavy atom. The van der Waals surface area contributed by atoms with Gasteiger partial charge in [-0.2, -0.15) is 0 Å². The summed E-state index contributed by atoms with van der Waals surface area (Å²) in [6.07, 6.45) is 4.75. The van der Waals surface area contributed by atoms with Crippen LogP contribution in [0.4, 0.5) is 5.69 Å². The molecule has 0 spiro atoms. The molecule has 1 aromatic carbocycles. The number of rotatable bonds is 6. The third kappa shape index (κ3) is 4.03. The highest BCUT2D eigenvalue weighted by Crippen LogP contribution is 2.21. The number of thioether (sulfide) groups is 1. The van der Waals surface area contributed by atoms with Gasteiger partial charge in [-0.1, -0.05) is 11.8 Å². The van der Waals surface area contributed by atoms with Crippen molar-refractivity contribution in [3.8, 4) is 11.5 Å². The summed E-state index contributed by atoms with van der Waals surface area (Å²) in [4.78, 5) is 31.3. The van der Waals surface area contributed by atoms with Crippen LogP contribution in [0.15, 0.2) is 48.0 Å². The van der Waals surface area contributed by atoms with Crippen LogP contribution >= 0.6 is 11.8 Å². The Hall–Kier alpha value is -3.27. The monoisotopic (exact) mass is 369 g/mol. The Labute approximate surface area is 153 Å². The molecule has 0 aliphatic rings. The molecule has 132 valence electrons. The Morgan fingerprint density at radius 2 is 1.96 bits per heavy atom. The van der Waals surface area contributed by atoms with Crippen LogP contribution in [0.1, 0.15) is 10.4 Å². The summed E-state index contributed by atoms with van der Waals surface area (Å²) in [5.41, 5.74) is 6.75. The number of nitrogens with zero attached hydrogens (tertiary/aromatic N) is 5. The number of carbonyl (C=O) groups is 2. The summed E-state index contributed by atoms with van der Waals surface area (Å²) in [5.74, 6) is 0.0119. The van der Waals surface area contributed by atoms with Crippen molar-refractivity contribution >= 4 is 29.3 Å². The number of anilines is 1. The van der Waals surface area contributed by atoms with E-state index >= 15 is 0 Å². The molecule has 0 unspecified atom stereocenters. The zero-order chi connectivity index (χ0) is 18.5. The number of benzene rings is 1. The van der Waals surface area contributed by atoms with Gasteiger partial charge in [0.25, 0.3) is 0 Å². The first-order valence-electron chi connectivity index (χ1n) is 7.53. The molecule has 3 N–H and O–H groups in total. The molecule has 26 heavy (non-hydrogen) atoms. The molecule has 2 amide bonds. The maximum absolute atomic E-state index is 12.1. The van der Waals surface area contributed by atoms with Crippen LogP contribution in [-0.2, 0) is 11.8 Å². The molecule has 2 heterocycles. The van der Waals surface area contributed by atoms with Crippen LogP contribution in [-0.4, -0.2) is 42.3 Å². The largest absolute Gasteiger partial charge is 0.366 e. The summed E-state index contributed by atoms with van der Waals surface area (Å²) in [5, 5.41) is 11.5. The number of primary amides is 1. The highest BCUT2D eigenvalue weighted by molar-refractivity contribution is 7.99. The second-order valence-corrected chi connectivity index (χ2v) is 6.18. The Morgan fingerprint density at radius 1 is 1.19 bits per heavy atom. The lowest BCUT2D eigenvalue weighted by Crippen LogP contribution is -2.15. The molecular weight excluding hydrogens is 354 g/mol. The lowest BCUT2D eigenvalue weighted by atomic mass is 10.2. The summed E-state index contributed by atoms with van der Waals surface area (Å²) in [6, 6.07) is 6.36. The molecule has 0 aliphatic carbocycles. The number of carbonyl (C=O) groups excluding carboxylic acids is 2. The number of hydrogen-bond donors (Lipinski definition) is 2. The minimum absolute atomic E-state index is 0.157. The number of hydrogen-bond acceptors (Lipinski definition) is 7. The van der Waals surface area contributed by atoms with Crippen LogP contribution in [0.3, 0.4) is 0 Å². The average molecular weight is 369 g/mol. The van der Waals surface area contributed by atoms with Gasteiger partial charge in [0.15, 0.2) is 11.0 Å². The van der Waals surface area contributed by atoms with Gasteiger partial charge in [-0.25, -0.2) is 4.98 Å². The first-order chi connectivity index (χ1) is 12.5. The van der Waals surface area contributed by atoms with Crippen LogP contribution in [0.5, 0.6) is 0 Å². The van der Waals surface area contributed by atoms with Crippen LogP contribution in [0.2, 0.25) is 0 Å². The van der Waals surface area contributed by atoms with E-state index in [1.54, 1.807) is 54.5 Å². The van der Waals surface area contributed by atoms with Crippen molar-refractivity contribution in [1.82, 2.24) is 24.7 Å². The van der Waals surface area contributed by atoms with Gasteiger partial charge in [-0.15, -0.1) is 10.2 Å². The van der Waals surface area contributed by atoms with Gasteiger partial charge < -0.3 is 15.6 Å². The van der Waals surface area contributed by atoms with Crippen molar-refractivity contribution in [3.05, 3.63) is 48.4 Å². The zero-order valence-electron chi connectivity index (χ0n) is 13.8.